The molecule has 2 aromatic rings. The van der Waals surface area contributed by atoms with Crippen molar-refractivity contribution in [2.75, 3.05) is 30.4 Å². The zero-order chi connectivity index (χ0) is 21.5. The third-order valence-corrected chi connectivity index (χ3v) is 5.78. The highest BCUT2D eigenvalue weighted by Crippen LogP contribution is 2.47. The largest absolute Gasteiger partial charge is 0.493 e. The van der Waals surface area contributed by atoms with Gasteiger partial charge in [0.25, 0.3) is 0 Å². The Balaban J connectivity index is 1.59. The van der Waals surface area contributed by atoms with Crippen molar-refractivity contribution in [3.05, 3.63) is 48.3 Å². The number of fused-ring (bicyclic) bond motifs is 2. The molecule has 2 unspecified atom stereocenters. The van der Waals surface area contributed by atoms with E-state index < -0.39 is 11.5 Å². The van der Waals surface area contributed by atoms with Gasteiger partial charge in [-0.05, 0) is 29.5 Å². The third kappa shape index (κ3) is 3.43. The Bertz CT molecular complexity index is 984. The second kappa shape index (κ2) is 7.40. The molecule has 0 aliphatic carbocycles. The Morgan fingerprint density at radius 3 is 2.83 bits per heavy atom. The molecule has 0 bridgehead atoms. The summed E-state index contributed by atoms with van der Waals surface area (Å²) >= 11 is 0. The summed E-state index contributed by atoms with van der Waals surface area (Å²) in [5.41, 5.74) is 1.77. The predicted molar refractivity (Wildman–Crippen MR) is 116 cm³/mol. The Morgan fingerprint density at radius 2 is 2.10 bits per heavy atom. The fourth-order valence-corrected chi connectivity index (χ4v) is 4.44. The first kappa shape index (κ1) is 20.3. The van der Waals surface area contributed by atoms with Crippen molar-refractivity contribution in [2.45, 2.75) is 38.6 Å². The summed E-state index contributed by atoms with van der Waals surface area (Å²) in [6, 6.07) is 9.16. The molecule has 1 spiro atoms. The van der Waals surface area contributed by atoms with Crippen molar-refractivity contribution in [2.24, 2.45) is 5.41 Å². The number of carbonyl (C=O) groups excluding carboxylic acids is 2. The predicted octanol–water partition coefficient (Wildman–Crippen LogP) is 2.72. The molecule has 2 atom stereocenters. The molecule has 30 heavy (non-hydrogen) atoms. The normalized spacial score (nSPS) is 23.0. The molecule has 1 aromatic carbocycles. The Kier molecular flexibility index (Phi) is 5.02. The Morgan fingerprint density at radius 1 is 1.33 bits per heavy atom. The first-order chi connectivity index (χ1) is 14.2. The van der Waals surface area contributed by atoms with Gasteiger partial charge in [-0.15, -0.1) is 0 Å². The lowest BCUT2D eigenvalue weighted by molar-refractivity contribution is -0.123. The number of benzene rings is 1. The van der Waals surface area contributed by atoms with Gasteiger partial charge in [0, 0.05) is 25.0 Å². The van der Waals surface area contributed by atoms with Gasteiger partial charge in [0.1, 0.15) is 0 Å². The van der Waals surface area contributed by atoms with Crippen molar-refractivity contribution in [1.29, 1.82) is 0 Å². The van der Waals surface area contributed by atoms with E-state index in [4.69, 9.17) is 4.74 Å². The molecule has 2 aliphatic rings. The highest BCUT2D eigenvalue weighted by Gasteiger charge is 2.56. The maximum atomic E-state index is 13.6. The second-order valence-corrected chi connectivity index (χ2v) is 9.25. The molecule has 3 heterocycles. The monoisotopic (exact) mass is 408 g/mol. The van der Waals surface area contributed by atoms with Crippen LogP contribution < -0.4 is 20.3 Å². The molecular weight excluding hydrogens is 380 g/mol. The SMILES string of the molecule is COc1cnccc1NC(=O)C1CC2(CN1)C(=O)N(CC(C)(C)C)c1ccccc12. The number of aromatic nitrogens is 1. The number of nitrogens with zero attached hydrogens (tertiary/aromatic N) is 2. The van der Waals surface area contributed by atoms with Crippen LogP contribution in [0, 0.1) is 5.41 Å². The lowest BCUT2D eigenvalue weighted by atomic mass is 9.79. The maximum absolute atomic E-state index is 13.6. The molecule has 7 nitrogen and oxygen atoms in total. The number of methoxy groups -OCH3 is 1. The average Bonchev–Trinajstić information content (AvgIpc) is 3.25. The minimum Gasteiger partial charge on any atom is -0.493 e. The van der Waals surface area contributed by atoms with Crippen LogP contribution in [0.1, 0.15) is 32.8 Å². The summed E-state index contributed by atoms with van der Waals surface area (Å²) in [5, 5.41) is 6.19. The third-order valence-electron chi connectivity index (χ3n) is 5.78. The first-order valence-electron chi connectivity index (χ1n) is 10.2. The van der Waals surface area contributed by atoms with E-state index in [0.29, 0.717) is 30.9 Å². The number of hydrogen-bond donors (Lipinski definition) is 2. The topological polar surface area (TPSA) is 83.6 Å². The van der Waals surface area contributed by atoms with Gasteiger partial charge < -0.3 is 20.3 Å². The van der Waals surface area contributed by atoms with Crippen LogP contribution in [0.3, 0.4) is 0 Å². The van der Waals surface area contributed by atoms with Gasteiger partial charge in [0.2, 0.25) is 11.8 Å². The van der Waals surface area contributed by atoms with E-state index in [1.54, 1.807) is 18.5 Å². The van der Waals surface area contributed by atoms with Gasteiger partial charge in [-0.1, -0.05) is 39.0 Å². The molecule has 7 heteroatoms. The molecule has 1 fully saturated rings. The van der Waals surface area contributed by atoms with Crippen LogP contribution in [0.15, 0.2) is 42.7 Å². The van der Waals surface area contributed by atoms with E-state index in [2.05, 4.69) is 36.4 Å². The quantitative estimate of drug-likeness (QED) is 0.813. The van der Waals surface area contributed by atoms with E-state index in [1.165, 1.54) is 7.11 Å². The summed E-state index contributed by atoms with van der Waals surface area (Å²) in [7, 11) is 1.54. The van der Waals surface area contributed by atoms with Crippen LogP contribution >= 0.6 is 0 Å². The van der Waals surface area contributed by atoms with E-state index in [9.17, 15) is 9.59 Å². The standard InChI is InChI=1S/C23H28N4O3/c1-22(2,3)14-27-18-8-6-5-7-15(18)23(21(27)29)11-17(25-13-23)20(28)26-16-9-10-24-12-19(16)30-4/h5-10,12,17,25H,11,13-14H2,1-4H3,(H,24,26,28). The van der Waals surface area contributed by atoms with Crippen LogP contribution in [-0.2, 0) is 15.0 Å². The van der Waals surface area contributed by atoms with E-state index in [0.717, 1.165) is 11.3 Å². The highest BCUT2D eigenvalue weighted by atomic mass is 16.5. The number of pyridine rings is 1. The van der Waals surface area contributed by atoms with Crippen molar-refractivity contribution in [3.8, 4) is 5.75 Å². The van der Waals surface area contributed by atoms with Crippen molar-refractivity contribution >= 4 is 23.2 Å². The molecule has 2 N–H and O–H groups in total. The van der Waals surface area contributed by atoms with Gasteiger partial charge in [-0.3, -0.25) is 14.6 Å². The maximum Gasteiger partial charge on any atom is 0.241 e. The lowest BCUT2D eigenvalue weighted by Crippen LogP contribution is -2.44. The fraction of sp³-hybridized carbons (Fsp3) is 0.435. The van der Waals surface area contributed by atoms with Crippen LogP contribution in [0.4, 0.5) is 11.4 Å². The van der Waals surface area contributed by atoms with Crippen molar-refractivity contribution in [1.82, 2.24) is 10.3 Å². The van der Waals surface area contributed by atoms with Crippen molar-refractivity contribution < 1.29 is 14.3 Å². The molecule has 2 amide bonds. The number of nitrogens with one attached hydrogen (secondary N) is 2. The van der Waals surface area contributed by atoms with E-state index >= 15 is 0 Å². The molecule has 1 aromatic heterocycles. The van der Waals surface area contributed by atoms with Crippen molar-refractivity contribution in [3.63, 3.8) is 0 Å². The number of carbonyl (C=O) groups is 2. The summed E-state index contributed by atoms with van der Waals surface area (Å²) in [6.07, 6.45) is 3.58. The Labute approximate surface area is 176 Å². The summed E-state index contributed by atoms with van der Waals surface area (Å²) in [5.74, 6) is 0.385. The zero-order valence-electron chi connectivity index (χ0n) is 17.9. The highest BCUT2D eigenvalue weighted by molar-refractivity contribution is 6.09. The number of para-hydroxylation sites is 1. The molecule has 4 rings (SSSR count). The van der Waals surface area contributed by atoms with E-state index in [-0.39, 0.29) is 17.2 Å². The molecule has 2 aliphatic heterocycles. The summed E-state index contributed by atoms with van der Waals surface area (Å²) in [4.78, 5) is 32.5. The van der Waals surface area contributed by atoms with Crippen LogP contribution in [0.5, 0.6) is 5.75 Å². The number of rotatable bonds is 4. The van der Waals surface area contributed by atoms with Crippen LogP contribution in [-0.4, -0.2) is 43.0 Å². The minimum atomic E-state index is -0.716. The first-order valence-corrected chi connectivity index (χ1v) is 10.2. The minimum absolute atomic E-state index is 0.0327. The van der Waals surface area contributed by atoms with Gasteiger partial charge in [-0.25, -0.2) is 0 Å². The van der Waals surface area contributed by atoms with Crippen LogP contribution in [0.25, 0.3) is 0 Å². The van der Waals surface area contributed by atoms with Gasteiger partial charge in [-0.2, -0.15) is 0 Å². The average molecular weight is 409 g/mol. The van der Waals surface area contributed by atoms with Gasteiger partial charge in [0.15, 0.2) is 5.75 Å². The summed E-state index contributed by atoms with van der Waals surface area (Å²) in [6.45, 7) is 7.45. The van der Waals surface area contributed by atoms with Crippen LogP contribution in [0.2, 0.25) is 0 Å². The Hall–Kier alpha value is -2.93. The smallest absolute Gasteiger partial charge is 0.241 e. The zero-order valence-corrected chi connectivity index (χ0v) is 17.9. The molecule has 0 saturated carbocycles. The summed E-state index contributed by atoms with van der Waals surface area (Å²) < 4.78 is 5.27. The van der Waals surface area contributed by atoms with Gasteiger partial charge in [0.05, 0.1) is 30.5 Å². The second-order valence-electron chi connectivity index (χ2n) is 9.25. The number of anilines is 2. The number of hydrogen-bond acceptors (Lipinski definition) is 5. The lowest BCUT2D eigenvalue weighted by Gasteiger charge is -2.29. The molecule has 1 saturated heterocycles. The molecule has 158 valence electrons. The number of ether oxygens (including phenoxy) is 1. The number of amides is 2. The van der Waals surface area contributed by atoms with Gasteiger partial charge >= 0.3 is 0 Å². The molecule has 0 radical (unpaired) electrons. The fourth-order valence-electron chi connectivity index (χ4n) is 4.44. The van der Waals surface area contributed by atoms with E-state index in [1.807, 2.05) is 29.2 Å². The molecular formula is C23H28N4O3.